The predicted molar refractivity (Wildman–Crippen MR) is 61.4 cm³/mol. The van der Waals surface area contributed by atoms with Gasteiger partial charge in [-0.05, 0) is 23.3 Å². The first-order valence-corrected chi connectivity index (χ1v) is 5.38. The van der Waals surface area contributed by atoms with Crippen molar-refractivity contribution in [1.29, 1.82) is 5.26 Å². The van der Waals surface area contributed by atoms with Crippen LogP contribution in [0.1, 0.15) is 16.7 Å². The van der Waals surface area contributed by atoms with Crippen molar-refractivity contribution >= 4 is 29.2 Å². The fraction of sp³-hybridized carbons (Fsp3) is 0.273. The Morgan fingerprint density at radius 3 is 2.69 bits per heavy atom. The van der Waals surface area contributed by atoms with E-state index in [1.54, 1.807) is 12.1 Å². The Morgan fingerprint density at radius 2 is 2.19 bits per heavy atom. The second-order valence-electron chi connectivity index (χ2n) is 3.05. The molecule has 1 aromatic rings. The molecular formula is C11H9Cl2NO2. The van der Waals surface area contributed by atoms with E-state index >= 15 is 0 Å². The highest BCUT2D eigenvalue weighted by Crippen LogP contribution is 2.25. The van der Waals surface area contributed by atoms with E-state index in [-0.39, 0.29) is 12.3 Å². The van der Waals surface area contributed by atoms with Crippen LogP contribution in [0.4, 0.5) is 0 Å². The number of rotatable bonds is 3. The molecule has 0 spiro atoms. The Hall–Kier alpha value is -1.24. The standard InChI is InChI=1S/C11H9Cl2NO2/c1-16-11(15)4-8-7(6-14)2-3-10(13)9(8)5-12/h2-3H,4-5H2,1H3. The minimum atomic E-state index is -0.426. The van der Waals surface area contributed by atoms with Crippen molar-refractivity contribution < 1.29 is 9.53 Å². The molecular weight excluding hydrogens is 249 g/mol. The molecule has 0 saturated carbocycles. The number of methoxy groups -OCH3 is 1. The second-order valence-corrected chi connectivity index (χ2v) is 3.72. The Kier molecular flexibility index (Phi) is 4.60. The third kappa shape index (κ3) is 2.66. The average Bonchev–Trinajstić information content (AvgIpc) is 2.29. The number of hydrogen-bond acceptors (Lipinski definition) is 3. The van der Waals surface area contributed by atoms with E-state index in [1.165, 1.54) is 7.11 Å². The molecule has 3 nitrogen and oxygen atoms in total. The zero-order valence-corrected chi connectivity index (χ0v) is 10.1. The number of alkyl halides is 1. The van der Waals surface area contributed by atoms with Crippen LogP contribution in [0, 0.1) is 11.3 Å². The molecule has 0 aromatic heterocycles. The van der Waals surface area contributed by atoms with Gasteiger partial charge in [-0.3, -0.25) is 4.79 Å². The number of halogens is 2. The van der Waals surface area contributed by atoms with E-state index in [4.69, 9.17) is 28.5 Å². The van der Waals surface area contributed by atoms with Crippen LogP contribution in [-0.4, -0.2) is 13.1 Å². The maximum atomic E-state index is 11.2. The molecule has 0 aliphatic rings. The molecule has 1 rings (SSSR count). The molecule has 0 radical (unpaired) electrons. The van der Waals surface area contributed by atoms with Gasteiger partial charge >= 0.3 is 5.97 Å². The summed E-state index contributed by atoms with van der Waals surface area (Å²) >= 11 is 11.7. The minimum absolute atomic E-state index is 0.00199. The van der Waals surface area contributed by atoms with Crippen molar-refractivity contribution in [2.45, 2.75) is 12.3 Å². The molecule has 0 atom stereocenters. The molecule has 0 unspecified atom stereocenters. The minimum Gasteiger partial charge on any atom is -0.469 e. The molecule has 0 bridgehead atoms. The van der Waals surface area contributed by atoms with Gasteiger partial charge in [0.2, 0.25) is 0 Å². The summed E-state index contributed by atoms with van der Waals surface area (Å²) in [5, 5.41) is 9.38. The van der Waals surface area contributed by atoms with E-state index in [0.717, 1.165) is 0 Å². The quantitative estimate of drug-likeness (QED) is 0.618. The van der Waals surface area contributed by atoms with Crippen molar-refractivity contribution in [2.75, 3.05) is 7.11 Å². The van der Waals surface area contributed by atoms with E-state index in [2.05, 4.69) is 4.74 Å². The highest BCUT2D eigenvalue weighted by Gasteiger charge is 2.15. The molecule has 5 heteroatoms. The number of ether oxygens (including phenoxy) is 1. The van der Waals surface area contributed by atoms with E-state index in [0.29, 0.717) is 21.7 Å². The summed E-state index contributed by atoms with van der Waals surface area (Å²) in [6.07, 6.45) is 0.00199. The Bertz CT molecular complexity index is 452. The van der Waals surface area contributed by atoms with Crippen LogP contribution in [0.15, 0.2) is 12.1 Å². The average molecular weight is 258 g/mol. The zero-order chi connectivity index (χ0) is 12.1. The van der Waals surface area contributed by atoms with E-state index in [1.807, 2.05) is 6.07 Å². The van der Waals surface area contributed by atoms with E-state index < -0.39 is 5.97 Å². The third-order valence-electron chi connectivity index (χ3n) is 2.18. The van der Waals surface area contributed by atoms with Gasteiger partial charge in [0.1, 0.15) is 0 Å². The number of nitriles is 1. The predicted octanol–water partition coefficient (Wildman–Crippen LogP) is 2.67. The van der Waals surface area contributed by atoms with Gasteiger partial charge in [-0.15, -0.1) is 11.6 Å². The molecule has 0 amide bonds. The number of carbonyl (C=O) groups excluding carboxylic acids is 1. The molecule has 16 heavy (non-hydrogen) atoms. The first-order chi connectivity index (χ1) is 7.63. The Balaban J connectivity index is 3.26. The van der Waals surface area contributed by atoms with Crippen molar-refractivity contribution in [1.82, 2.24) is 0 Å². The summed E-state index contributed by atoms with van der Waals surface area (Å²) in [6.45, 7) is 0. The van der Waals surface area contributed by atoms with Gasteiger partial charge < -0.3 is 4.74 Å². The van der Waals surface area contributed by atoms with Gasteiger partial charge in [0.15, 0.2) is 0 Å². The lowest BCUT2D eigenvalue weighted by atomic mass is 10.00. The maximum Gasteiger partial charge on any atom is 0.310 e. The molecule has 1 aromatic carbocycles. The number of nitrogens with zero attached hydrogens (tertiary/aromatic N) is 1. The lowest BCUT2D eigenvalue weighted by Gasteiger charge is -2.09. The number of carbonyl (C=O) groups is 1. The Labute approximate surface area is 104 Å². The zero-order valence-electron chi connectivity index (χ0n) is 8.59. The normalized spacial score (nSPS) is 9.62. The van der Waals surface area contributed by atoms with Crippen LogP contribution in [0.25, 0.3) is 0 Å². The van der Waals surface area contributed by atoms with Crippen molar-refractivity contribution in [3.8, 4) is 6.07 Å². The highest BCUT2D eigenvalue weighted by molar-refractivity contribution is 6.32. The van der Waals surface area contributed by atoms with Crippen LogP contribution in [0.2, 0.25) is 5.02 Å². The summed E-state index contributed by atoms with van der Waals surface area (Å²) in [5.74, 6) is -0.272. The smallest absolute Gasteiger partial charge is 0.310 e. The van der Waals surface area contributed by atoms with E-state index in [9.17, 15) is 4.79 Å². The molecule has 84 valence electrons. The first kappa shape index (κ1) is 12.8. The number of benzene rings is 1. The van der Waals surface area contributed by atoms with Crippen LogP contribution < -0.4 is 0 Å². The maximum absolute atomic E-state index is 11.2. The monoisotopic (exact) mass is 257 g/mol. The number of hydrogen-bond donors (Lipinski definition) is 0. The van der Waals surface area contributed by atoms with Gasteiger partial charge in [-0.25, -0.2) is 0 Å². The van der Waals surface area contributed by atoms with Gasteiger partial charge in [0.05, 0.1) is 25.2 Å². The summed E-state index contributed by atoms with van der Waals surface area (Å²) in [7, 11) is 1.29. The summed E-state index contributed by atoms with van der Waals surface area (Å²) in [6, 6.07) is 5.16. The van der Waals surface area contributed by atoms with Crippen LogP contribution in [0.3, 0.4) is 0 Å². The first-order valence-electron chi connectivity index (χ1n) is 4.47. The van der Waals surface area contributed by atoms with Gasteiger partial charge in [-0.2, -0.15) is 5.26 Å². The second kappa shape index (κ2) is 5.74. The topological polar surface area (TPSA) is 50.1 Å². The molecule has 0 aliphatic heterocycles. The van der Waals surface area contributed by atoms with Gasteiger partial charge in [0, 0.05) is 10.9 Å². The van der Waals surface area contributed by atoms with Crippen molar-refractivity contribution in [3.05, 3.63) is 33.8 Å². The summed E-state index contributed by atoms with van der Waals surface area (Å²) in [5.41, 5.74) is 1.54. The van der Waals surface area contributed by atoms with Gasteiger partial charge in [0.25, 0.3) is 0 Å². The van der Waals surface area contributed by atoms with Crippen molar-refractivity contribution in [3.63, 3.8) is 0 Å². The molecule has 0 saturated heterocycles. The lowest BCUT2D eigenvalue weighted by Crippen LogP contribution is -2.08. The molecule has 0 aliphatic carbocycles. The van der Waals surface area contributed by atoms with Crippen LogP contribution >= 0.6 is 23.2 Å². The number of esters is 1. The SMILES string of the molecule is COC(=O)Cc1c(C#N)ccc(Cl)c1CCl. The van der Waals surface area contributed by atoms with Crippen LogP contribution in [-0.2, 0) is 21.8 Å². The molecule has 0 N–H and O–H groups in total. The lowest BCUT2D eigenvalue weighted by molar-refractivity contribution is -0.139. The molecule has 0 fully saturated rings. The highest BCUT2D eigenvalue weighted by atomic mass is 35.5. The molecule has 0 heterocycles. The third-order valence-corrected chi connectivity index (χ3v) is 2.80. The fourth-order valence-electron chi connectivity index (χ4n) is 1.33. The van der Waals surface area contributed by atoms with Crippen LogP contribution in [0.5, 0.6) is 0 Å². The van der Waals surface area contributed by atoms with Gasteiger partial charge in [-0.1, -0.05) is 11.6 Å². The largest absolute Gasteiger partial charge is 0.469 e. The fourth-order valence-corrected chi connectivity index (χ4v) is 1.95. The summed E-state index contributed by atoms with van der Waals surface area (Å²) in [4.78, 5) is 11.2. The van der Waals surface area contributed by atoms with Crippen molar-refractivity contribution in [2.24, 2.45) is 0 Å². The summed E-state index contributed by atoms with van der Waals surface area (Å²) < 4.78 is 4.56. The Morgan fingerprint density at radius 1 is 1.50 bits per heavy atom.